The largest absolute Gasteiger partial charge is 0.462 e. The van der Waals surface area contributed by atoms with Crippen molar-refractivity contribution in [1.29, 1.82) is 0 Å². The van der Waals surface area contributed by atoms with E-state index in [1.54, 1.807) is 0 Å². The van der Waals surface area contributed by atoms with Crippen LogP contribution in [0.4, 0.5) is 0 Å². The first-order valence-electron chi connectivity index (χ1n) is 26.2. The lowest BCUT2D eigenvalue weighted by Crippen LogP contribution is -2.29. The average molecular weight is 822 g/mol. The van der Waals surface area contributed by atoms with Gasteiger partial charge in [-0.3, -0.25) is 9.59 Å². The Labute approximate surface area is 362 Å². The first-order chi connectivity index (χ1) is 28.5. The van der Waals surface area contributed by atoms with Crippen LogP contribution < -0.4 is 0 Å². The molecule has 0 aromatic rings. The Morgan fingerprint density at radius 1 is 0.362 bits per heavy atom. The minimum Gasteiger partial charge on any atom is -0.462 e. The molecule has 0 rings (SSSR count). The first-order valence-corrected chi connectivity index (χ1v) is 26.2. The summed E-state index contributed by atoms with van der Waals surface area (Å²) in [5, 5.41) is 9.65. The van der Waals surface area contributed by atoms with E-state index in [1.807, 2.05) is 0 Å². The van der Waals surface area contributed by atoms with Gasteiger partial charge < -0.3 is 19.5 Å². The van der Waals surface area contributed by atoms with E-state index in [9.17, 15) is 14.7 Å². The SMILES string of the molecule is CCCCCCCCC(CCCCCCCC)OC(=O)CCCCCCCN(CCO)CCCCCCCC(=O)OC(CCCCCCCC)CCCCCCCC. The van der Waals surface area contributed by atoms with Gasteiger partial charge in [0.2, 0.25) is 0 Å². The van der Waals surface area contributed by atoms with Crippen LogP contribution in [0.1, 0.15) is 285 Å². The van der Waals surface area contributed by atoms with Gasteiger partial charge in [-0.1, -0.05) is 195 Å². The van der Waals surface area contributed by atoms with Crippen LogP contribution in [0.5, 0.6) is 0 Å². The van der Waals surface area contributed by atoms with E-state index in [1.165, 1.54) is 167 Å². The van der Waals surface area contributed by atoms with Crippen molar-refractivity contribution in [2.24, 2.45) is 0 Å². The van der Waals surface area contributed by atoms with Crippen molar-refractivity contribution >= 4 is 11.9 Å². The van der Waals surface area contributed by atoms with Crippen molar-refractivity contribution in [3.05, 3.63) is 0 Å². The fourth-order valence-electron chi connectivity index (χ4n) is 8.37. The van der Waals surface area contributed by atoms with Gasteiger partial charge in [0.1, 0.15) is 12.2 Å². The molecule has 346 valence electrons. The van der Waals surface area contributed by atoms with Crippen LogP contribution in [0.3, 0.4) is 0 Å². The second kappa shape index (κ2) is 46.9. The molecule has 6 heteroatoms. The minimum atomic E-state index is 0.0160. The Morgan fingerprint density at radius 3 is 0.914 bits per heavy atom. The predicted octanol–water partition coefficient (Wildman–Crippen LogP) is 15.8. The number of carbonyl (C=O) groups is 2. The van der Waals surface area contributed by atoms with E-state index in [4.69, 9.17) is 9.47 Å². The lowest BCUT2D eigenvalue weighted by atomic mass is 10.0. The molecule has 0 saturated heterocycles. The molecule has 0 aliphatic rings. The highest BCUT2D eigenvalue weighted by Crippen LogP contribution is 2.20. The van der Waals surface area contributed by atoms with Crippen LogP contribution in [0, 0.1) is 0 Å². The smallest absolute Gasteiger partial charge is 0.306 e. The Kier molecular flexibility index (Phi) is 46.0. The molecule has 0 aromatic carbocycles. The van der Waals surface area contributed by atoms with Crippen LogP contribution in [0.2, 0.25) is 0 Å². The van der Waals surface area contributed by atoms with Gasteiger partial charge in [-0.05, 0) is 90.1 Å². The van der Waals surface area contributed by atoms with E-state index < -0.39 is 0 Å². The molecule has 0 fully saturated rings. The molecule has 0 aliphatic carbocycles. The normalized spacial score (nSPS) is 11.7. The number of unbranched alkanes of at least 4 members (excludes halogenated alkanes) is 28. The average Bonchev–Trinajstić information content (AvgIpc) is 3.21. The molecule has 1 N–H and O–H groups in total. The highest BCUT2D eigenvalue weighted by atomic mass is 16.5. The molecule has 0 bridgehead atoms. The van der Waals surface area contributed by atoms with Gasteiger partial charge >= 0.3 is 11.9 Å². The summed E-state index contributed by atoms with van der Waals surface area (Å²) < 4.78 is 12.1. The van der Waals surface area contributed by atoms with Gasteiger partial charge in [0.05, 0.1) is 6.61 Å². The predicted molar refractivity (Wildman–Crippen MR) is 251 cm³/mol. The molecular weight excluding hydrogens is 719 g/mol. The highest BCUT2D eigenvalue weighted by Gasteiger charge is 2.16. The van der Waals surface area contributed by atoms with Gasteiger partial charge in [0.15, 0.2) is 0 Å². The van der Waals surface area contributed by atoms with Crippen molar-refractivity contribution in [2.75, 3.05) is 26.2 Å². The summed E-state index contributed by atoms with van der Waals surface area (Å²) >= 11 is 0. The minimum absolute atomic E-state index is 0.0160. The second-order valence-electron chi connectivity index (χ2n) is 18.1. The molecule has 0 saturated carbocycles. The molecule has 0 radical (unpaired) electrons. The van der Waals surface area contributed by atoms with E-state index in [0.29, 0.717) is 12.8 Å². The van der Waals surface area contributed by atoms with Crippen molar-refractivity contribution in [2.45, 2.75) is 297 Å². The summed E-state index contributed by atoms with van der Waals surface area (Å²) in [5.74, 6) is 0.0320. The van der Waals surface area contributed by atoms with Crippen molar-refractivity contribution in [3.63, 3.8) is 0 Å². The molecule has 6 nitrogen and oxygen atoms in total. The Morgan fingerprint density at radius 2 is 0.621 bits per heavy atom. The molecule has 0 atom stereocenters. The highest BCUT2D eigenvalue weighted by molar-refractivity contribution is 5.69. The zero-order chi connectivity index (χ0) is 42.4. The fraction of sp³-hybridized carbons (Fsp3) is 0.962. The Balaban J connectivity index is 4.21. The van der Waals surface area contributed by atoms with Crippen LogP contribution in [-0.4, -0.2) is 60.4 Å². The third-order valence-corrected chi connectivity index (χ3v) is 12.2. The lowest BCUT2D eigenvalue weighted by molar-refractivity contribution is -0.151. The van der Waals surface area contributed by atoms with Crippen molar-refractivity contribution in [3.8, 4) is 0 Å². The number of aliphatic hydroxyl groups is 1. The number of ether oxygens (including phenoxy) is 2. The molecule has 0 heterocycles. The Hall–Kier alpha value is -1.14. The summed E-state index contributed by atoms with van der Waals surface area (Å²) in [7, 11) is 0. The number of aliphatic hydroxyl groups excluding tert-OH is 1. The van der Waals surface area contributed by atoms with E-state index in [-0.39, 0.29) is 30.8 Å². The summed E-state index contributed by atoms with van der Waals surface area (Å²) in [6.07, 6.45) is 47.2. The summed E-state index contributed by atoms with van der Waals surface area (Å²) in [6, 6.07) is 0. The summed E-state index contributed by atoms with van der Waals surface area (Å²) in [6.45, 7) is 12.1. The van der Waals surface area contributed by atoms with Crippen LogP contribution in [0.15, 0.2) is 0 Å². The van der Waals surface area contributed by atoms with E-state index in [2.05, 4.69) is 32.6 Å². The molecule has 0 amide bonds. The number of esters is 2. The summed E-state index contributed by atoms with van der Waals surface area (Å²) in [5.41, 5.74) is 0. The number of hydrogen-bond donors (Lipinski definition) is 1. The maximum absolute atomic E-state index is 12.8. The standard InChI is InChI=1S/C52H103NO5/c1-5-9-13-17-23-31-39-49(40-32-24-18-14-10-6-2)57-51(55)43-35-27-21-29-37-45-53(47-48-54)46-38-30-22-28-36-44-52(56)58-50(41-33-25-19-15-11-7-3)42-34-26-20-16-12-8-4/h49-50,54H,5-48H2,1-4H3. The van der Waals surface area contributed by atoms with Gasteiger partial charge in [-0.15, -0.1) is 0 Å². The number of hydrogen-bond acceptors (Lipinski definition) is 6. The van der Waals surface area contributed by atoms with Crippen LogP contribution in [0.25, 0.3) is 0 Å². The van der Waals surface area contributed by atoms with Crippen molar-refractivity contribution in [1.82, 2.24) is 4.90 Å². The number of nitrogens with zero attached hydrogens (tertiary/aromatic N) is 1. The zero-order valence-electron chi connectivity index (χ0n) is 39.8. The quantitative estimate of drug-likeness (QED) is 0.0487. The fourth-order valence-corrected chi connectivity index (χ4v) is 8.37. The van der Waals surface area contributed by atoms with Crippen LogP contribution >= 0.6 is 0 Å². The van der Waals surface area contributed by atoms with Crippen LogP contribution in [-0.2, 0) is 19.1 Å². The van der Waals surface area contributed by atoms with E-state index >= 15 is 0 Å². The number of carbonyl (C=O) groups excluding carboxylic acids is 2. The summed E-state index contributed by atoms with van der Waals surface area (Å²) in [4.78, 5) is 27.9. The molecule has 0 aromatic heterocycles. The lowest BCUT2D eigenvalue weighted by Gasteiger charge is -2.21. The van der Waals surface area contributed by atoms with Gasteiger partial charge in [-0.2, -0.15) is 0 Å². The van der Waals surface area contributed by atoms with Gasteiger partial charge in [-0.25, -0.2) is 0 Å². The maximum Gasteiger partial charge on any atom is 0.306 e. The van der Waals surface area contributed by atoms with Gasteiger partial charge in [0, 0.05) is 19.4 Å². The second-order valence-corrected chi connectivity index (χ2v) is 18.1. The zero-order valence-corrected chi connectivity index (χ0v) is 39.8. The molecular formula is C52H103NO5. The van der Waals surface area contributed by atoms with E-state index in [0.717, 1.165) is 96.7 Å². The van der Waals surface area contributed by atoms with Gasteiger partial charge in [0.25, 0.3) is 0 Å². The molecule has 0 spiro atoms. The van der Waals surface area contributed by atoms with Crippen molar-refractivity contribution < 1.29 is 24.2 Å². The monoisotopic (exact) mass is 822 g/mol. The number of rotatable bonds is 48. The third kappa shape index (κ3) is 41.6. The molecule has 0 aliphatic heterocycles. The maximum atomic E-state index is 12.8. The molecule has 58 heavy (non-hydrogen) atoms. The first kappa shape index (κ1) is 56.9. The third-order valence-electron chi connectivity index (χ3n) is 12.2. The topological polar surface area (TPSA) is 76.1 Å². The Bertz CT molecular complexity index is 741. The molecule has 0 unspecified atom stereocenters.